The molecule has 1 amide bonds. The first-order valence-electron chi connectivity index (χ1n) is 7.60. The van der Waals surface area contributed by atoms with Crippen LogP contribution in [0.1, 0.15) is 72.1 Å². The Hall–Kier alpha value is -0.830. The summed E-state index contributed by atoms with van der Waals surface area (Å²) in [7, 11) is 0. The van der Waals surface area contributed by atoms with Gasteiger partial charge < -0.3 is 10.4 Å². The standard InChI is InChI=1S/C16H31NO2/c1-4-5-6-7-8-9-10-11-12-13-15(18)17-14-16(2,3)19/h9-10,19H,4-8,11-14H2,1-3H3,(H,17,18)/b10-9-. The fourth-order valence-corrected chi connectivity index (χ4v) is 1.71. The molecule has 19 heavy (non-hydrogen) atoms. The summed E-state index contributed by atoms with van der Waals surface area (Å²) in [5.74, 6) is 0.0264. The molecule has 0 aromatic rings. The van der Waals surface area contributed by atoms with Gasteiger partial charge in [0, 0.05) is 13.0 Å². The third-order valence-electron chi connectivity index (χ3n) is 2.88. The number of aliphatic hydroxyl groups is 1. The number of hydrogen-bond donors (Lipinski definition) is 2. The van der Waals surface area contributed by atoms with E-state index >= 15 is 0 Å². The first kappa shape index (κ1) is 18.2. The molecule has 2 N–H and O–H groups in total. The van der Waals surface area contributed by atoms with Crippen LogP contribution in [-0.4, -0.2) is 23.2 Å². The number of amides is 1. The van der Waals surface area contributed by atoms with Crippen LogP contribution in [-0.2, 0) is 4.79 Å². The Labute approximate surface area is 118 Å². The summed E-state index contributed by atoms with van der Waals surface area (Å²) in [6, 6.07) is 0. The molecule has 0 unspecified atom stereocenters. The van der Waals surface area contributed by atoms with Crippen LogP contribution >= 0.6 is 0 Å². The topological polar surface area (TPSA) is 49.3 Å². The molecule has 0 aliphatic heterocycles. The van der Waals surface area contributed by atoms with E-state index in [9.17, 15) is 9.90 Å². The Morgan fingerprint density at radius 3 is 2.32 bits per heavy atom. The van der Waals surface area contributed by atoms with Gasteiger partial charge in [0.25, 0.3) is 0 Å². The summed E-state index contributed by atoms with van der Waals surface area (Å²) in [4.78, 5) is 11.5. The summed E-state index contributed by atoms with van der Waals surface area (Å²) in [5.41, 5.74) is -0.825. The zero-order valence-corrected chi connectivity index (χ0v) is 12.9. The molecule has 0 saturated carbocycles. The first-order valence-corrected chi connectivity index (χ1v) is 7.60. The lowest BCUT2D eigenvalue weighted by Crippen LogP contribution is -2.38. The third kappa shape index (κ3) is 15.1. The highest BCUT2D eigenvalue weighted by Crippen LogP contribution is 2.04. The van der Waals surface area contributed by atoms with Crippen LogP contribution in [0.2, 0.25) is 0 Å². The number of unbranched alkanes of at least 4 members (excludes halogenated alkanes) is 5. The van der Waals surface area contributed by atoms with Crippen LogP contribution in [0.15, 0.2) is 12.2 Å². The van der Waals surface area contributed by atoms with Gasteiger partial charge in [-0.3, -0.25) is 4.79 Å². The quantitative estimate of drug-likeness (QED) is 0.445. The Kier molecular flexibility index (Phi) is 10.6. The van der Waals surface area contributed by atoms with E-state index in [0.29, 0.717) is 13.0 Å². The Morgan fingerprint density at radius 2 is 1.74 bits per heavy atom. The number of nitrogens with one attached hydrogen (secondary N) is 1. The molecule has 0 rings (SSSR count). The molecule has 0 heterocycles. The Balaban J connectivity index is 3.38. The van der Waals surface area contributed by atoms with Gasteiger partial charge in [0.1, 0.15) is 0 Å². The van der Waals surface area contributed by atoms with Crippen molar-refractivity contribution in [3.8, 4) is 0 Å². The zero-order chi connectivity index (χ0) is 14.6. The molecule has 0 bridgehead atoms. The van der Waals surface area contributed by atoms with Crippen LogP contribution < -0.4 is 5.32 Å². The normalized spacial score (nSPS) is 12.0. The average molecular weight is 269 g/mol. The van der Waals surface area contributed by atoms with E-state index in [0.717, 1.165) is 19.3 Å². The highest BCUT2D eigenvalue weighted by molar-refractivity contribution is 5.75. The summed E-state index contributed by atoms with van der Waals surface area (Å²) >= 11 is 0. The summed E-state index contributed by atoms with van der Waals surface area (Å²) in [6.45, 7) is 5.92. The molecular weight excluding hydrogens is 238 g/mol. The minimum atomic E-state index is -0.825. The number of carbonyl (C=O) groups is 1. The van der Waals surface area contributed by atoms with Gasteiger partial charge in [-0.05, 0) is 39.5 Å². The molecule has 0 atom stereocenters. The lowest BCUT2D eigenvalue weighted by Gasteiger charge is -2.17. The van der Waals surface area contributed by atoms with E-state index in [1.165, 1.54) is 25.7 Å². The number of allylic oxidation sites excluding steroid dienone is 2. The van der Waals surface area contributed by atoms with Crippen LogP contribution in [0.25, 0.3) is 0 Å². The average Bonchev–Trinajstić information content (AvgIpc) is 2.33. The summed E-state index contributed by atoms with van der Waals surface area (Å²) < 4.78 is 0. The molecule has 0 saturated heterocycles. The van der Waals surface area contributed by atoms with Crippen LogP contribution in [0.4, 0.5) is 0 Å². The van der Waals surface area contributed by atoms with E-state index in [-0.39, 0.29) is 5.91 Å². The molecule has 0 aliphatic rings. The lowest BCUT2D eigenvalue weighted by atomic mass is 10.1. The maximum absolute atomic E-state index is 11.5. The number of rotatable bonds is 11. The van der Waals surface area contributed by atoms with E-state index in [1.54, 1.807) is 13.8 Å². The molecule has 3 nitrogen and oxygen atoms in total. The van der Waals surface area contributed by atoms with Crippen molar-refractivity contribution in [1.82, 2.24) is 5.32 Å². The Morgan fingerprint density at radius 1 is 1.11 bits per heavy atom. The van der Waals surface area contributed by atoms with Gasteiger partial charge in [-0.1, -0.05) is 38.3 Å². The number of hydrogen-bond acceptors (Lipinski definition) is 2. The smallest absolute Gasteiger partial charge is 0.220 e. The monoisotopic (exact) mass is 269 g/mol. The SMILES string of the molecule is CCCCCC/C=C\CCCC(=O)NCC(C)(C)O. The zero-order valence-electron chi connectivity index (χ0n) is 12.9. The summed E-state index contributed by atoms with van der Waals surface area (Å²) in [5, 5.41) is 12.2. The van der Waals surface area contributed by atoms with Crippen LogP contribution in [0, 0.1) is 0 Å². The predicted molar refractivity (Wildman–Crippen MR) is 81.1 cm³/mol. The van der Waals surface area contributed by atoms with Gasteiger partial charge in [-0.15, -0.1) is 0 Å². The van der Waals surface area contributed by atoms with Gasteiger partial charge in [-0.2, -0.15) is 0 Å². The van der Waals surface area contributed by atoms with Crippen molar-refractivity contribution in [3.63, 3.8) is 0 Å². The first-order chi connectivity index (χ1) is 8.95. The van der Waals surface area contributed by atoms with Crippen molar-refractivity contribution in [2.24, 2.45) is 0 Å². The Bertz CT molecular complexity index is 254. The van der Waals surface area contributed by atoms with Crippen LogP contribution in [0.3, 0.4) is 0 Å². The van der Waals surface area contributed by atoms with E-state index < -0.39 is 5.60 Å². The highest BCUT2D eigenvalue weighted by atomic mass is 16.3. The van der Waals surface area contributed by atoms with Crippen molar-refractivity contribution >= 4 is 5.91 Å². The van der Waals surface area contributed by atoms with Gasteiger partial charge in [0.2, 0.25) is 5.91 Å². The molecule has 0 aromatic carbocycles. The maximum atomic E-state index is 11.5. The van der Waals surface area contributed by atoms with Crippen LogP contribution in [0.5, 0.6) is 0 Å². The highest BCUT2D eigenvalue weighted by Gasteiger charge is 2.13. The predicted octanol–water partition coefficient (Wildman–Crippen LogP) is 3.57. The molecule has 3 heteroatoms. The fraction of sp³-hybridized carbons (Fsp3) is 0.812. The van der Waals surface area contributed by atoms with Gasteiger partial charge in [0.05, 0.1) is 5.60 Å². The molecule has 0 aromatic heterocycles. The molecule has 0 aliphatic carbocycles. The van der Waals surface area contributed by atoms with Crippen molar-refractivity contribution in [2.45, 2.75) is 77.7 Å². The maximum Gasteiger partial charge on any atom is 0.220 e. The minimum Gasteiger partial charge on any atom is -0.389 e. The van der Waals surface area contributed by atoms with E-state index in [2.05, 4.69) is 24.4 Å². The summed E-state index contributed by atoms with van der Waals surface area (Å²) in [6.07, 6.45) is 13.1. The third-order valence-corrected chi connectivity index (χ3v) is 2.88. The minimum absolute atomic E-state index is 0.0264. The molecule has 0 spiro atoms. The van der Waals surface area contributed by atoms with Crippen molar-refractivity contribution in [2.75, 3.05) is 6.54 Å². The molecular formula is C16H31NO2. The molecule has 112 valence electrons. The van der Waals surface area contributed by atoms with Crippen molar-refractivity contribution < 1.29 is 9.90 Å². The van der Waals surface area contributed by atoms with Gasteiger partial charge in [-0.25, -0.2) is 0 Å². The second kappa shape index (κ2) is 11.0. The van der Waals surface area contributed by atoms with Crippen molar-refractivity contribution in [3.05, 3.63) is 12.2 Å². The molecule has 0 radical (unpaired) electrons. The second-order valence-corrected chi connectivity index (χ2v) is 5.80. The van der Waals surface area contributed by atoms with Crippen molar-refractivity contribution in [1.29, 1.82) is 0 Å². The van der Waals surface area contributed by atoms with Gasteiger partial charge in [0.15, 0.2) is 0 Å². The van der Waals surface area contributed by atoms with E-state index in [4.69, 9.17) is 0 Å². The second-order valence-electron chi connectivity index (χ2n) is 5.80. The van der Waals surface area contributed by atoms with E-state index in [1.807, 2.05) is 0 Å². The van der Waals surface area contributed by atoms with Gasteiger partial charge >= 0.3 is 0 Å². The fourth-order valence-electron chi connectivity index (χ4n) is 1.71. The molecule has 0 fully saturated rings. The largest absolute Gasteiger partial charge is 0.389 e. The lowest BCUT2D eigenvalue weighted by molar-refractivity contribution is -0.122. The number of carbonyl (C=O) groups excluding carboxylic acids is 1.